The Bertz CT molecular complexity index is 1300. The van der Waals surface area contributed by atoms with Crippen LogP contribution in [-0.2, 0) is 19.6 Å². The van der Waals surface area contributed by atoms with Gasteiger partial charge in [0.25, 0.3) is 0 Å². The second-order valence-corrected chi connectivity index (χ2v) is 10.6. The van der Waals surface area contributed by atoms with Crippen molar-refractivity contribution in [3.05, 3.63) is 59.3 Å². The van der Waals surface area contributed by atoms with E-state index in [-0.39, 0.29) is 6.04 Å². The van der Waals surface area contributed by atoms with Crippen LogP contribution in [0, 0.1) is 11.3 Å². The average molecular weight is 498 g/mol. The quantitative estimate of drug-likeness (QED) is 0.533. The summed E-state index contributed by atoms with van der Waals surface area (Å²) in [5, 5.41) is 15.3. The van der Waals surface area contributed by atoms with Crippen LogP contribution in [0.25, 0.3) is 10.8 Å². The molecule has 3 aliphatic rings. The molecule has 8 heteroatoms. The van der Waals surface area contributed by atoms with Gasteiger partial charge in [-0.1, -0.05) is 42.5 Å². The third-order valence-corrected chi connectivity index (χ3v) is 8.05. The minimum Gasteiger partial charge on any atom is -0.462 e. The van der Waals surface area contributed by atoms with E-state index in [1.54, 1.807) is 0 Å². The molecule has 4 heterocycles. The summed E-state index contributed by atoms with van der Waals surface area (Å²) in [7, 11) is 2.16. The number of rotatable bonds is 7. The summed E-state index contributed by atoms with van der Waals surface area (Å²) >= 11 is 0. The summed E-state index contributed by atoms with van der Waals surface area (Å²) in [5.41, 5.74) is 3.59. The van der Waals surface area contributed by atoms with Crippen LogP contribution in [0.1, 0.15) is 36.1 Å². The molecule has 1 N–H and O–H groups in total. The van der Waals surface area contributed by atoms with Gasteiger partial charge in [-0.25, -0.2) is 0 Å². The van der Waals surface area contributed by atoms with E-state index in [4.69, 9.17) is 14.7 Å². The van der Waals surface area contributed by atoms with Crippen LogP contribution in [0.4, 0.5) is 5.82 Å². The van der Waals surface area contributed by atoms with E-state index in [9.17, 15) is 5.26 Å². The lowest BCUT2D eigenvalue weighted by atomic mass is 10.0. The molecule has 2 aromatic carbocycles. The maximum atomic E-state index is 9.25. The smallest absolute Gasteiger partial charge is 0.318 e. The van der Waals surface area contributed by atoms with E-state index < -0.39 is 0 Å². The molecule has 0 aliphatic carbocycles. The number of piperazine rings is 1. The Labute approximate surface area is 218 Å². The lowest BCUT2D eigenvalue weighted by Gasteiger charge is -2.34. The van der Waals surface area contributed by atoms with Crippen LogP contribution < -0.4 is 15.0 Å². The Morgan fingerprint density at radius 2 is 2.00 bits per heavy atom. The largest absolute Gasteiger partial charge is 0.462 e. The van der Waals surface area contributed by atoms with Gasteiger partial charge in [-0.2, -0.15) is 15.2 Å². The fraction of sp³-hybridized carbons (Fsp3) is 0.483. The first kappa shape index (κ1) is 24.1. The maximum Gasteiger partial charge on any atom is 0.318 e. The van der Waals surface area contributed by atoms with Gasteiger partial charge in [0, 0.05) is 56.9 Å². The molecule has 0 radical (unpaired) electrons. The van der Waals surface area contributed by atoms with E-state index in [2.05, 4.69) is 75.6 Å². The van der Waals surface area contributed by atoms with Crippen molar-refractivity contribution >= 4 is 16.6 Å². The number of likely N-dealkylation sites (N-methyl/N-ethyl adjacent to an activating group) is 1. The lowest BCUT2D eigenvalue weighted by molar-refractivity contribution is 0.187. The molecule has 1 aromatic heterocycles. The average Bonchev–Trinajstić information content (AvgIpc) is 3.52. The fourth-order valence-electron chi connectivity index (χ4n) is 6.01. The summed E-state index contributed by atoms with van der Waals surface area (Å²) < 4.78 is 6.23. The van der Waals surface area contributed by atoms with Crippen molar-refractivity contribution in [1.29, 1.82) is 5.26 Å². The lowest BCUT2D eigenvalue weighted by Crippen LogP contribution is -2.51. The van der Waals surface area contributed by atoms with E-state index in [1.165, 1.54) is 28.3 Å². The molecule has 6 rings (SSSR count). The van der Waals surface area contributed by atoms with Crippen molar-refractivity contribution in [2.45, 2.75) is 51.0 Å². The zero-order chi connectivity index (χ0) is 25.2. The van der Waals surface area contributed by atoms with Crippen LogP contribution in [0.2, 0.25) is 0 Å². The zero-order valence-electron chi connectivity index (χ0n) is 21.6. The normalized spacial score (nSPS) is 22.3. The van der Waals surface area contributed by atoms with Gasteiger partial charge in [-0.15, -0.1) is 0 Å². The highest BCUT2D eigenvalue weighted by atomic mass is 16.5. The van der Waals surface area contributed by atoms with Gasteiger partial charge in [0.2, 0.25) is 0 Å². The van der Waals surface area contributed by atoms with Crippen LogP contribution in [0.15, 0.2) is 42.5 Å². The molecule has 0 unspecified atom stereocenters. The summed E-state index contributed by atoms with van der Waals surface area (Å²) in [5.74, 6) is 0.977. The van der Waals surface area contributed by atoms with E-state index in [0.717, 1.165) is 63.7 Å². The second kappa shape index (κ2) is 10.6. The van der Waals surface area contributed by atoms with Gasteiger partial charge in [0.05, 0.1) is 18.2 Å². The standard InChI is InChI=1S/C29H35N7O/c1-34-14-5-9-24(34)20-37-29-32-27-19-35(16-22-8-4-7-21-6-2-3-10-25(21)22)18-26(27)28(33-29)36-15-13-31-23(17-36)11-12-30/h2-4,6-8,10,23-24,31H,5,9,11,13-20H2,1H3/t23-,24-/m0/s1. The number of nitrogens with one attached hydrogen (secondary N) is 1. The van der Waals surface area contributed by atoms with E-state index in [1.807, 2.05) is 0 Å². The molecular weight excluding hydrogens is 462 g/mol. The molecule has 0 spiro atoms. The number of hydrogen-bond donors (Lipinski definition) is 1. The number of nitriles is 1. The van der Waals surface area contributed by atoms with E-state index >= 15 is 0 Å². The molecule has 0 bridgehead atoms. The molecule has 0 amide bonds. The number of likely N-dealkylation sites (tertiary alicyclic amines) is 1. The van der Waals surface area contributed by atoms with Crippen molar-refractivity contribution < 1.29 is 4.74 Å². The first-order valence-electron chi connectivity index (χ1n) is 13.4. The number of anilines is 1. The summed E-state index contributed by atoms with van der Waals surface area (Å²) in [6.07, 6.45) is 2.86. The Kier molecular flexibility index (Phi) is 6.92. The minimum absolute atomic E-state index is 0.147. The van der Waals surface area contributed by atoms with Crippen LogP contribution in [-0.4, -0.2) is 71.7 Å². The van der Waals surface area contributed by atoms with Crippen molar-refractivity contribution in [3.8, 4) is 12.1 Å². The van der Waals surface area contributed by atoms with Gasteiger partial charge >= 0.3 is 6.01 Å². The monoisotopic (exact) mass is 497 g/mol. The first-order chi connectivity index (χ1) is 18.2. The van der Waals surface area contributed by atoms with Gasteiger partial charge in [-0.3, -0.25) is 4.90 Å². The number of benzene rings is 2. The summed E-state index contributed by atoms with van der Waals surface area (Å²) in [6.45, 7) is 6.66. The van der Waals surface area contributed by atoms with Gasteiger partial charge in [0.1, 0.15) is 12.4 Å². The van der Waals surface area contributed by atoms with Gasteiger partial charge < -0.3 is 19.9 Å². The SMILES string of the molecule is CN1CCC[C@H]1COc1nc2c(c(N3CCN[C@@H](CC#N)C3)n1)CN(Cc1cccc3ccccc13)C2. The zero-order valence-corrected chi connectivity index (χ0v) is 21.6. The topological polar surface area (TPSA) is 80.5 Å². The Morgan fingerprint density at radius 3 is 2.86 bits per heavy atom. The van der Waals surface area contributed by atoms with Crippen molar-refractivity contribution in [2.24, 2.45) is 0 Å². The molecule has 3 aromatic rings. The molecule has 2 atom stereocenters. The molecule has 192 valence electrons. The third-order valence-electron chi connectivity index (χ3n) is 8.05. The second-order valence-electron chi connectivity index (χ2n) is 10.6. The molecule has 2 fully saturated rings. The molecular formula is C29H35N7O. The first-order valence-corrected chi connectivity index (χ1v) is 13.4. The van der Waals surface area contributed by atoms with E-state index in [0.29, 0.717) is 25.1 Å². The van der Waals surface area contributed by atoms with Gasteiger partial charge in [-0.05, 0) is 42.8 Å². The van der Waals surface area contributed by atoms with Crippen molar-refractivity contribution in [2.75, 3.05) is 44.7 Å². The van der Waals surface area contributed by atoms with Crippen molar-refractivity contribution in [3.63, 3.8) is 0 Å². The van der Waals surface area contributed by atoms with Crippen LogP contribution in [0.5, 0.6) is 6.01 Å². The fourth-order valence-corrected chi connectivity index (χ4v) is 6.01. The van der Waals surface area contributed by atoms with Crippen LogP contribution >= 0.6 is 0 Å². The molecule has 2 saturated heterocycles. The Morgan fingerprint density at radius 1 is 1.11 bits per heavy atom. The van der Waals surface area contributed by atoms with Gasteiger partial charge in [0.15, 0.2) is 0 Å². The summed E-state index contributed by atoms with van der Waals surface area (Å²) in [6, 6.07) is 18.5. The molecule has 8 nitrogen and oxygen atoms in total. The summed E-state index contributed by atoms with van der Waals surface area (Å²) in [4.78, 5) is 17.0. The maximum absolute atomic E-state index is 9.25. The highest BCUT2D eigenvalue weighted by Gasteiger charge is 2.31. The Hall–Kier alpha value is -3.25. The highest BCUT2D eigenvalue weighted by Crippen LogP contribution is 2.33. The van der Waals surface area contributed by atoms with Crippen LogP contribution in [0.3, 0.4) is 0 Å². The Balaban J connectivity index is 1.26. The molecule has 37 heavy (non-hydrogen) atoms. The third kappa shape index (κ3) is 5.12. The highest BCUT2D eigenvalue weighted by molar-refractivity contribution is 5.85. The predicted octanol–water partition coefficient (Wildman–Crippen LogP) is 3.31. The number of ether oxygens (including phenoxy) is 1. The number of hydrogen-bond acceptors (Lipinski definition) is 8. The minimum atomic E-state index is 0.147. The number of fused-ring (bicyclic) bond motifs is 2. The van der Waals surface area contributed by atoms with Crippen molar-refractivity contribution in [1.82, 2.24) is 25.1 Å². The number of aromatic nitrogens is 2. The molecule has 0 saturated carbocycles. The predicted molar refractivity (Wildman–Crippen MR) is 144 cm³/mol. The molecule has 3 aliphatic heterocycles. The number of nitrogens with zero attached hydrogens (tertiary/aromatic N) is 6.